The van der Waals surface area contributed by atoms with E-state index in [9.17, 15) is 0 Å². The van der Waals surface area contributed by atoms with E-state index in [4.69, 9.17) is 14.5 Å². The van der Waals surface area contributed by atoms with Crippen molar-refractivity contribution in [2.45, 2.75) is 20.3 Å². The summed E-state index contributed by atoms with van der Waals surface area (Å²) in [5, 5.41) is 12.0. The van der Waals surface area contributed by atoms with Crippen LogP contribution in [0.4, 0.5) is 17.5 Å². The molecular formula is C25H29N7O2. The van der Waals surface area contributed by atoms with Crippen molar-refractivity contribution >= 4 is 28.4 Å². The molecule has 34 heavy (non-hydrogen) atoms. The third-order valence-electron chi connectivity index (χ3n) is 6.48. The van der Waals surface area contributed by atoms with Crippen LogP contribution in [-0.2, 0) is 11.8 Å². The van der Waals surface area contributed by atoms with Crippen LogP contribution in [0, 0.1) is 12.3 Å². The molecule has 9 nitrogen and oxygen atoms in total. The van der Waals surface area contributed by atoms with Gasteiger partial charge in [-0.25, -0.2) is 15.0 Å². The second-order valence-electron chi connectivity index (χ2n) is 9.07. The maximum atomic E-state index is 5.66. The number of nitrogens with one attached hydrogen (secondary N) is 2. The van der Waals surface area contributed by atoms with E-state index in [2.05, 4.69) is 32.6 Å². The molecule has 3 aromatic heterocycles. The highest BCUT2D eigenvalue weighted by Gasteiger charge is 2.29. The first kappa shape index (κ1) is 22.1. The lowest BCUT2D eigenvalue weighted by atomic mass is 9.90. The summed E-state index contributed by atoms with van der Waals surface area (Å²) in [6.45, 7) is 6.60. The number of anilines is 3. The van der Waals surface area contributed by atoms with Gasteiger partial charge in [0.2, 0.25) is 5.95 Å². The number of benzene rings is 1. The average Bonchev–Trinajstić information content (AvgIpc) is 3.43. The lowest BCUT2D eigenvalue weighted by Gasteiger charge is -2.22. The Morgan fingerprint density at radius 3 is 2.82 bits per heavy atom. The van der Waals surface area contributed by atoms with Crippen molar-refractivity contribution in [1.82, 2.24) is 24.7 Å². The fraction of sp³-hybridized carbons (Fsp3) is 0.360. The number of aryl methyl sites for hydroxylation is 1. The highest BCUT2D eigenvalue weighted by molar-refractivity contribution is 5.88. The Labute approximate surface area is 198 Å². The first-order valence-electron chi connectivity index (χ1n) is 11.3. The van der Waals surface area contributed by atoms with E-state index in [-0.39, 0.29) is 5.41 Å². The van der Waals surface area contributed by atoms with Gasteiger partial charge in [-0.05, 0) is 37.1 Å². The van der Waals surface area contributed by atoms with Gasteiger partial charge in [0.15, 0.2) is 5.82 Å². The molecule has 1 unspecified atom stereocenters. The SMILES string of the molecule is COc1cc(-c2cnn(C)c2C)ccc1Nc1ncc2ccnc(NCC3(C)CCOC3)c2n1. The van der Waals surface area contributed by atoms with Crippen molar-refractivity contribution in [3.8, 4) is 16.9 Å². The molecule has 1 aliphatic heterocycles. The zero-order chi connectivity index (χ0) is 23.7. The van der Waals surface area contributed by atoms with Gasteiger partial charge < -0.3 is 20.1 Å². The monoisotopic (exact) mass is 459 g/mol. The van der Waals surface area contributed by atoms with Crippen LogP contribution in [-0.4, -0.2) is 51.6 Å². The Morgan fingerprint density at radius 1 is 1.21 bits per heavy atom. The summed E-state index contributed by atoms with van der Waals surface area (Å²) in [4.78, 5) is 13.8. The zero-order valence-electron chi connectivity index (χ0n) is 19.9. The first-order valence-corrected chi connectivity index (χ1v) is 11.3. The number of aromatic nitrogens is 5. The molecule has 0 saturated carbocycles. The van der Waals surface area contributed by atoms with Gasteiger partial charge in [0.05, 0.1) is 25.6 Å². The van der Waals surface area contributed by atoms with E-state index in [0.717, 1.165) is 65.4 Å². The Kier molecular flexibility index (Phi) is 5.79. The highest BCUT2D eigenvalue weighted by atomic mass is 16.5. The number of nitrogens with zero attached hydrogens (tertiary/aromatic N) is 5. The number of hydrogen-bond acceptors (Lipinski definition) is 8. The Morgan fingerprint density at radius 2 is 2.09 bits per heavy atom. The summed E-state index contributed by atoms with van der Waals surface area (Å²) in [6.07, 6.45) is 6.47. The number of rotatable bonds is 7. The summed E-state index contributed by atoms with van der Waals surface area (Å²) in [6, 6.07) is 7.91. The number of ether oxygens (including phenoxy) is 2. The molecule has 5 rings (SSSR count). The van der Waals surface area contributed by atoms with Crippen molar-refractivity contribution in [2.75, 3.05) is 37.5 Å². The van der Waals surface area contributed by atoms with Gasteiger partial charge >= 0.3 is 0 Å². The quantitative estimate of drug-likeness (QED) is 0.421. The Balaban J connectivity index is 1.41. The smallest absolute Gasteiger partial charge is 0.227 e. The Hall–Kier alpha value is -3.72. The maximum absolute atomic E-state index is 5.66. The third kappa shape index (κ3) is 4.26. The normalized spacial score (nSPS) is 17.8. The molecule has 1 aliphatic rings. The van der Waals surface area contributed by atoms with Crippen LogP contribution in [0.2, 0.25) is 0 Å². The Bertz CT molecular complexity index is 1330. The topological polar surface area (TPSA) is 99.0 Å². The molecular weight excluding hydrogens is 430 g/mol. The first-order chi connectivity index (χ1) is 16.5. The number of methoxy groups -OCH3 is 1. The molecule has 1 fully saturated rings. The minimum atomic E-state index is 0.0969. The summed E-state index contributed by atoms with van der Waals surface area (Å²) < 4.78 is 13.1. The number of fused-ring (bicyclic) bond motifs is 1. The van der Waals surface area contributed by atoms with Crippen molar-refractivity contribution in [2.24, 2.45) is 12.5 Å². The van der Waals surface area contributed by atoms with Crippen LogP contribution >= 0.6 is 0 Å². The van der Waals surface area contributed by atoms with Gasteiger partial charge in [-0.1, -0.05) is 13.0 Å². The molecule has 0 aliphatic carbocycles. The van der Waals surface area contributed by atoms with Crippen LogP contribution in [0.25, 0.3) is 22.0 Å². The number of hydrogen-bond donors (Lipinski definition) is 2. The fourth-order valence-corrected chi connectivity index (χ4v) is 4.16. The average molecular weight is 460 g/mol. The van der Waals surface area contributed by atoms with E-state index in [1.165, 1.54) is 0 Å². The van der Waals surface area contributed by atoms with E-state index in [1.54, 1.807) is 19.5 Å². The van der Waals surface area contributed by atoms with Gasteiger partial charge in [-0.15, -0.1) is 0 Å². The third-order valence-corrected chi connectivity index (χ3v) is 6.48. The van der Waals surface area contributed by atoms with Crippen molar-refractivity contribution < 1.29 is 9.47 Å². The minimum Gasteiger partial charge on any atom is -0.495 e. The minimum absolute atomic E-state index is 0.0969. The molecule has 4 aromatic rings. The van der Waals surface area contributed by atoms with Gasteiger partial charge in [0.1, 0.15) is 11.3 Å². The fourth-order valence-electron chi connectivity index (χ4n) is 4.16. The molecule has 1 aromatic carbocycles. The van der Waals surface area contributed by atoms with Crippen LogP contribution in [0.15, 0.2) is 42.9 Å². The summed E-state index contributed by atoms with van der Waals surface area (Å²) >= 11 is 0. The summed E-state index contributed by atoms with van der Waals surface area (Å²) in [7, 11) is 3.59. The molecule has 1 saturated heterocycles. The largest absolute Gasteiger partial charge is 0.495 e. The number of pyridine rings is 1. The zero-order valence-corrected chi connectivity index (χ0v) is 19.9. The summed E-state index contributed by atoms with van der Waals surface area (Å²) in [5.41, 5.74) is 4.83. The van der Waals surface area contributed by atoms with Gasteiger partial charge in [-0.3, -0.25) is 4.68 Å². The summed E-state index contributed by atoms with van der Waals surface area (Å²) in [5.74, 6) is 1.91. The van der Waals surface area contributed by atoms with Crippen LogP contribution < -0.4 is 15.4 Å². The van der Waals surface area contributed by atoms with Crippen LogP contribution in [0.1, 0.15) is 19.0 Å². The second kappa shape index (κ2) is 8.90. The lowest BCUT2D eigenvalue weighted by molar-refractivity contribution is 0.164. The molecule has 0 bridgehead atoms. The van der Waals surface area contributed by atoms with Crippen LogP contribution in [0.3, 0.4) is 0 Å². The lowest BCUT2D eigenvalue weighted by Crippen LogP contribution is -2.27. The van der Waals surface area contributed by atoms with Crippen molar-refractivity contribution in [3.05, 3.63) is 48.5 Å². The van der Waals surface area contributed by atoms with Crippen LogP contribution in [0.5, 0.6) is 5.75 Å². The van der Waals surface area contributed by atoms with E-state index in [0.29, 0.717) is 11.7 Å². The molecule has 0 spiro atoms. The van der Waals surface area contributed by atoms with Gasteiger partial charge in [0, 0.05) is 54.7 Å². The van der Waals surface area contributed by atoms with Crippen molar-refractivity contribution in [1.29, 1.82) is 0 Å². The molecule has 9 heteroatoms. The predicted molar refractivity (Wildman–Crippen MR) is 133 cm³/mol. The van der Waals surface area contributed by atoms with E-state index < -0.39 is 0 Å². The van der Waals surface area contributed by atoms with Gasteiger partial charge in [-0.2, -0.15) is 5.10 Å². The predicted octanol–water partition coefficient (Wildman–Crippen LogP) is 4.32. The standard InChI is InChI=1S/C25H29N7O2/c1-16-19(13-29-32(16)3)17-5-6-20(21(11-17)33-4)30-24-27-12-18-7-9-26-23(22(18)31-24)28-14-25(2)8-10-34-15-25/h5-7,9,11-13H,8,10,14-15H2,1-4H3,(H,26,28)(H,27,30,31). The van der Waals surface area contributed by atoms with Gasteiger partial charge in [0.25, 0.3) is 0 Å². The maximum Gasteiger partial charge on any atom is 0.227 e. The van der Waals surface area contributed by atoms with E-state index in [1.807, 2.05) is 49.1 Å². The molecule has 4 heterocycles. The molecule has 1 atom stereocenters. The second-order valence-corrected chi connectivity index (χ2v) is 9.07. The molecule has 0 amide bonds. The van der Waals surface area contributed by atoms with E-state index >= 15 is 0 Å². The molecule has 0 radical (unpaired) electrons. The molecule has 176 valence electrons. The molecule has 2 N–H and O–H groups in total. The highest BCUT2D eigenvalue weighted by Crippen LogP contribution is 2.34. The van der Waals surface area contributed by atoms with Crippen molar-refractivity contribution in [3.63, 3.8) is 0 Å².